The minimum absolute atomic E-state index is 0.00627. The van der Waals surface area contributed by atoms with E-state index in [1.165, 1.54) is 24.3 Å². The molecule has 24 heteroatoms. The highest BCUT2D eigenvalue weighted by Crippen LogP contribution is 2.66. The number of aromatic nitrogens is 4. The Bertz CT molecular complexity index is 1670. The molecule has 21 nitrogen and oxygen atoms in total. The summed E-state index contributed by atoms with van der Waals surface area (Å²) >= 11 is 0. The van der Waals surface area contributed by atoms with E-state index >= 15 is 0 Å². The number of nitrogens with two attached hydrogens (primary N) is 2. The number of anilines is 2. The van der Waals surface area contributed by atoms with Crippen molar-refractivity contribution < 1.29 is 65.8 Å². The van der Waals surface area contributed by atoms with Crippen LogP contribution in [0.2, 0.25) is 0 Å². The van der Waals surface area contributed by atoms with Gasteiger partial charge in [-0.2, -0.15) is 13.6 Å². The number of para-hydroxylation sites is 1. The lowest BCUT2D eigenvalue weighted by Gasteiger charge is -2.22. The van der Waals surface area contributed by atoms with Crippen LogP contribution in [-0.4, -0.2) is 75.1 Å². The van der Waals surface area contributed by atoms with E-state index < -0.39 is 66.1 Å². The van der Waals surface area contributed by atoms with Crippen LogP contribution >= 0.6 is 23.5 Å². The first-order chi connectivity index (χ1) is 19.0. The number of aromatic amines is 1. The molecule has 2 aromatic heterocycles. The highest BCUT2D eigenvalue weighted by Gasteiger charge is 2.50. The van der Waals surface area contributed by atoms with Crippen molar-refractivity contribution in [3.05, 3.63) is 46.5 Å². The highest BCUT2D eigenvalue weighted by atomic mass is 31.3. The number of phosphoric ester groups is 1. The molecule has 0 aliphatic carbocycles. The van der Waals surface area contributed by atoms with E-state index in [4.69, 9.17) is 30.7 Å². The van der Waals surface area contributed by atoms with E-state index in [1.807, 2.05) is 0 Å². The summed E-state index contributed by atoms with van der Waals surface area (Å²) in [5.41, 5.74) is 10.1. The molecule has 1 fully saturated rings. The normalized spacial score (nSPS) is 24.1. The van der Waals surface area contributed by atoms with Crippen LogP contribution in [-0.2, 0) is 36.3 Å². The van der Waals surface area contributed by atoms with E-state index in [1.54, 1.807) is 0 Å². The summed E-state index contributed by atoms with van der Waals surface area (Å²) in [5, 5.41) is 11.1. The third kappa shape index (κ3) is 7.25. The molecule has 41 heavy (non-hydrogen) atoms. The van der Waals surface area contributed by atoms with Crippen LogP contribution in [0.4, 0.5) is 11.6 Å². The molecule has 0 radical (unpaired) electrons. The van der Waals surface area contributed by atoms with Crippen molar-refractivity contribution in [3.8, 4) is 0 Å². The Hall–Kier alpha value is -3.03. The number of aliphatic hydroxyl groups excluding tert-OH is 1. The van der Waals surface area contributed by atoms with Gasteiger partial charge in [0.05, 0.1) is 18.5 Å². The van der Waals surface area contributed by atoms with E-state index in [0.717, 1.165) is 10.9 Å². The number of rotatable bonds is 10. The molecule has 3 heterocycles. The third-order valence-electron chi connectivity index (χ3n) is 5.28. The summed E-state index contributed by atoms with van der Waals surface area (Å²) in [5.74, 6) is -1.38. The number of esters is 1. The molecule has 0 saturated carbocycles. The predicted molar refractivity (Wildman–Crippen MR) is 132 cm³/mol. The Labute approximate surface area is 227 Å². The van der Waals surface area contributed by atoms with Crippen molar-refractivity contribution in [2.45, 2.75) is 24.5 Å². The summed E-state index contributed by atoms with van der Waals surface area (Å²) in [4.78, 5) is 71.5. The van der Waals surface area contributed by atoms with Crippen LogP contribution in [0.1, 0.15) is 16.6 Å². The number of benzene rings is 1. The molecule has 1 aliphatic rings. The molecule has 0 spiro atoms. The number of nitrogens with zero attached hydrogens (tertiary/aromatic N) is 3. The number of phosphoric acid groups is 3. The minimum Gasteiger partial charge on any atom is -0.453 e. The van der Waals surface area contributed by atoms with Crippen LogP contribution in [0.3, 0.4) is 0 Å². The summed E-state index contributed by atoms with van der Waals surface area (Å²) in [7, 11) is -17.1. The molecule has 6 atom stereocenters. The zero-order chi connectivity index (χ0) is 30.3. The fourth-order valence-electron chi connectivity index (χ4n) is 3.70. The summed E-state index contributed by atoms with van der Waals surface area (Å²) < 4.78 is 58.7. The summed E-state index contributed by atoms with van der Waals surface area (Å²) in [6.45, 7) is -1.09. The van der Waals surface area contributed by atoms with Gasteiger partial charge < -0.3 is 45.6 Å². The lowest BCUT2D eigenvalue weighted by Crippen LogP contribution is -2.38. The third-order valence-corrected chi connectivity index (χ3v) is 9.08. The van der Waals surface area contributed by atoms with Gasteiger partial charge in [-0.05, 0) is 12.1 Å². The number of nitrogen functional groups attached to an aromatic ring is 2. The van der Waals surface area contributed by atoms with Crippen LogP contribution < -0.4 is 17.0 Å². The highest BCUT2D eigenvalue weighted by molar-refractivity contribution is 7.66. The average molecular weight is 642 g/mol. The Balaban J connectivity index is 1.62. The van der Waals surface area contributed by atoms with Gasteiger partial charge in [-0.1, -0.05) is 12.1 Å². The molecule has 1 saturated heterocycles. The maximum absolute atomic E-state index is 12.8. The smallest absolute Gasteiger partial charge is 0.453 e. The molecule has 10 N–H and O–H groups in total. The lowest BCUT2D eigenvalue weighted by atomic mass is 10.1. The van der Waals surface area contributed by atoms with Gasteiger partial charge in [0.25, 0.3) is 5.56 Å². The number of fused-ring (bicyclic) bond motifs is 1. The Kier molecular flexibility index (Phi) is 8.55. The Morgan fingerprint density at radius 1 is 1.10 bits per heavy atom. The first-order valence-electron chi connectivity index (χ1n) is 10.9. The Morgan fingerprint density at radius 3 is 2.44 bits per heavy atom. The van der Waals surface area contributed by atoms with Gasteiger partial charge >= 0.3 is 29.4 Å². The number of nitrogens with one attached hydrogen (secondary N) is 1. The fraction of sp³-hybridized carbons (Fsp3) is 0.294. The van der Waals surface area contributed by atoms with E-state index in [9.17, 15) is 38.2 Å². The van der Waals surface area contributed by atoms with Gasteiger partial charge in [0, 0.05) is 5.69 Å². The summed E-state index contributed by atoms with van der Waals surface area (Å²) in [6.07, 6.45) is -5.62. The van der Waals surface area contributed by atoms with Crippen molar-refractivity contribution in [1.82, 2.24) is 19.5 Å². The second kappa shape index (κ2) is 11.3. The molecular formula is C17H21N6O15P3. The molecule has 4 rings (SSSR count). The van der Waals surface area contributed by atoms with Crippen LogP contribution in [0.5, 0.6) is 0 Å². The zero-order valence-electron chi connectivity index (χ0n) is 20.1. The first kappa shape index (κ1) is 30.9. The molecule has 3 aromatic rings. The predicted octanol–water partition coefficient (Wildman–Crippen LogP) is -0.889. The topological polar surface area (TPSA) is 331 Å². The van der Waals surface area contributed by atoms with Gasteiger partial charge in [-0.3, -0.25) is 18.9 Å². The standard InChI is InChI=1S/C17H21N6O15P3/c18-8-4-2-1-3-7(8)16(26)36-12-9(5-34-40(30,31)38-41(32,33)37-39(27,28)29)35-15(11(12)24)23-6-20-10-13(23)21-17(19)22-14(10)25/h1-4,6,9,11-12,15,24H,5,18H2,(H,30,31)(H,32,33)(H2,27,28,29)(H3,19,21,22,25). The second-order valence-electron chi connectivity index (χ2n) is 8.17. The number of ether oxygens (including phenoxy) is 2. The number of H-pyrrole nitrogens is 1. The number of hydrogen-bond donors (Lipinski definition) is 8. The van der Waals surface area contributed by atoms with Gasteiger partial charge in [-0.15, -0.1) is 0 Å². The van der Waals surface area contributed by atoms with Crippen molar-refractivity contribution in [2.75, 3.05) is 18.1 Å². The van der Waals surface area contributed by atoms with Crippen molar-refractivity contribution in [2.24, 2.45) is 0 Å². The van der Waals surface area contributed by atoms with Crippen molar-refractivity contribution in [1.29, 1.82) is 0 Å². The van der Waals surface area contributed by atoms with E-state index in [2.05, 4.69) is 28.1 Å². The molecule has 1 aromatic carbocycles. The number of imidazole rings is 1. The van der Waals surface area contributed by atoms with Gasteiger partial charge in [0.1, 0.15) is 12.2 Å². The number of hydrogen-bond acceptors (Lipinski definition) is 15. The minimum atomic E-state index is -5.84. The van der Waals surface area contributed by atoms with Gasteiger partial charge in [0.2, 0.25) is 5.95 Å². The van der Waals surface area contributed by atoms with Crippen molar-refractivity contribution in [3.63, 3.8) is 0 Å². The zero-order valence-corrected chi connectivity index (χ0v) is 22.7. The van der Waals surface area contributed by atoms with Gasteiger partial charge in [0.15, 0.2) is 23.5 Å². The number of carbonyl (C=O) groups excluding carboxylic acids is 1. The Morgan fingerprint density at radius 2 is 1.78 bits per heavy atom. The fourth-order valence-corrected chi connectivity index (χ4v) is 6.73. The number of aliphatic hydroxyl groups is 1. The molecular weight excluding hydrogens is 621 g/mol. The van der Waals surface area contributed by atoms with E-state index in [0.29, 0.717) is 0 Å². The van der Waals surface area contributed by atoms with Crippen molar-refractivity contribution >= 4 is 52.2 Å². The maximum Gasteiger partial charge on any atom is 0.490 e. The van der Waals surface area contributed by atoms with Crippen LogP contribution in [0, 0.1) is 0 Å². The summed E-state index contributed by atoms with van der Waals surface area (Å²) in [6, 6.07) is 5.70. The van der Waals surface area contributed by atoms with E-state index in [-0.39, 0.29) is 28.4 Å². The number of carbonyl (C=O) groups is 1. The van der Waals surface area contributed by atoms with Crippen LogP contribution in [0.25, 0.3) is 11.2 Å². The monoisotopic (exact) mass is 642 g/mol. The molecule has 0 amide bonds. The maximum atomic E-state index is 12.8. The molecule has 224 valence electrons. The second-order valence-corrected chi connectivity index (χ2v) is 12.6. The SMILES string of the molecule is Nc1nc2c(ncn2C2OC(COP(=O)(O)OP(=O)(O)OP(=O)(O)O)C(OC(=O)c3ccccc3N)C2O)c(=O)[nH]1. The van der Waals surface area contributed by atoms with Crippen LogP contribution in [0.15, 0.2) is 35.4 Å². The van der Waals surface area contributed by atoms with Gasteiger partial charge in [-0.25, -0.2) is 23.5 Å². The lowest BCUT2D eigenvalue weighted by molar-refractivity contribution is -0.0520. The largest absolute Gasteiger partial charge is 0.490 e. The molecule has 0 bridgehead atoms. The molecule has 1 aliphatic heterocycles. The average Bonchev–Trinajstić information content (AvgIpc) is 3.37. The first-order valence-corrected chi connectivity index (χ1v) is 15.4. The molecule has 6 unspecified atom stereocenters. The quantitative estimate of drug-likeness (QED) is 0.0755.